The van der Waals surface area contributed by atoms with Gasteiger partial charge in [0.2, 0.25) is 5.79 Å². The lowest BCUT2D eigenvalue weighted by atomic mass is 9.78. The minimum absolute atomic E-state index is 0.0140. The molecule has 7 aliphatic rings. The standard InChI is InChI=1S/C51H79NO16/c1-25(20-31-15-17-34(53)38(22-31)62-9)37-24-35(54)30(6)47-50(7,68-47)45(56)43(63-10)40(55)27(3)19-28(4)41-44(66-41)42-39(64-42)21-26(2)36(61-8)23-32-16-14-29(5)51(60,67-32)46(57)48(58)52-18-12-11-13-33(52)49(59)65-37/h21,25,27-34,36-39,41-45,47,53,56,60H,11-20,22-24H2,1-10H3/b26-21+/t25-,27-,28+,29-,30+,31+,32+,33-,34-,36+,37+,38-,39?,41?,42?,43+,44?,45+,47?,50?,51-/m1/s1. The molecule has 384 valence electrons. The summed E-state index contributed by atoms with van der Waals surface area (Å²) < 4.78 is 47.9. The van der Waals surface area contributed by atoms with Gasteiger partial charge in [-0.05, 0) is 101 Å². The number of ether oxygens (including phenoxy) is 8. The lowest BCUT2D eigenvalue weighted by Crippen LogP contribution is -2.61. The molecular weight excluding hydrogens is 883 g/mol. The molecule has 17 heteroatoms. The Morgan fingerprint density at radius 2 is 1.59 bits per heavy atom. The Morgan fingerprint density at radius 1 is 0.853 bits per heavy atom. The molecule has 1 aliphatic carbocycles. The lowest BCUT2D eigenvalue weighted by molar-refractivity contribution is -0.265. The van der Waals surface area contributed by atoms with Crippen LogP contribution in [0.5, 0.6) is 0 Å². The maximum Gasteiger partial charge on any atom is 0.329 e. The van der Waals surface area contributed by atoms with E-state index in [1.54, 1.807) is 35.0 Å². The van der Waals surface area contributed by atoms with Gasteiger partial charge >= 0.3 is 5.97 Å². The zero-order valence-electron chi connectivity index (χ0n) is 41.8. The summed E-state index contributed by atoms with van der Waals surface area (Å²) >= 11 is 0. The van der Waals surface area contributed by atoms with Crippen LogP contribution < -0.4 is 0 Å². The number of hydrogen-bond donors (Lipinski definition) is 3. The van der Waals surface area contributed by atoms with Crippen molar-refractivity contribution in [1.82, 2.24) is 4.90 Å². The highest BCUT2D eigenvalue weighted by atomic mass is 16.7. The first kappa shape index (κ1) is 53.1. The van der Waals surface area contributed by atoms with Gasteiger partial charge in [-0.1, -0.05) is 40.7 Å². The molecule has 0 aromatic rings. The van der Waals surface area contributed by atoms with Gasteiger partial charge in [0.25, 0.3) is 11.7 Å². The molecule has 2 bridgehead atoms. The summed E-state index contributed by atoms with van der Waals surface area (Å²) in [6.45, 7) is 12.8. The topological polar surface area (TPSA) is 233 Å². The average molecular weight is 962 g/mol. The Labute approximate surface area is 401 Å². The van der Waals surface area contributed by atoms with Gasteiger partial charge in [-0.2, -0.15) is 0 Å². The fourth-order valence-electron chi connectivity index (χ4n) is 12.0. The molecule has 5 saturated heterocycles. The Balaban J connectivity index is 1.16. The third-order valence-corrected chi connectivity index (χ3v) is 16.8. The number of ketones is 3. The van der Waals surface area contributed by atoms with Crippen LogP contribution in [-0.4, -0.2) is 168 Å². The number of piperidine rings is 1. The molecule has 1 saturated carbocycles. The molecule has 6 fully saturated rings. The van der Waals surface area contributed by atoms with Crippen LogP contribution in [0.4, 0.5) is 0 Å². The third-order valence-electron chi connectivity index (χ3n) is 16.8. The predicted molar refractivity (Wildman–Crippen MR) is 244 cm³/mol. The molecule has 3 N–H and O–H groups in total. The van der Waals surface area contributed by atoms with Crippen LogP contribution in [0.1, 0.15) is 126 Å². The summed E-state index contributed by atoms with van der Waals surface area (Å²) in [6.07, 6.45) is 0.0920. The normalized spacial score (nSPS) is 47.0. The second-order valence-corrected chi connectivity index (χ2v) is 21.8. The number of aliphatic hydroxyl groups excluding tert-OH is 2. The Morgan fingerprint density at radius 3 is 2.28 bits per heavy atom. The van der Waals surface area contributed by atoms with Gasteiger partial charge in [0, 0.05) is 58.5 Å². The van der Waals surface area contributed by atoms with Crippen molar-refractivity contribution in [3.8, 4) is 0 Å². The van der Waals surface area contributed by atoms with Crippen molar-refractivity contribution < 1.29 is 77.2 Å². The predicted octanol–water partition coefficient (Wildman–Crippen LogP) is 3.81. The highest BCUT2D eigenvalue weighted by Crippen LogP contribution is 2.48. The zero-order chi connectivity index (χ0) is 49.6. The van der Waals surface area contributed by atoms with Gasteiger partial charge < -0.3 is 58.1 Å². The highest BCUT2D eigenvalue weighted by molar-refractivity contribution is 6.39. The van der Waals surface area contributed by atoms with Gasteiger partial charge in [-0.25, -0.2) is 4.79 Å². The number of carbonyl (C=O) groups is 5. The van der Waals surface area contributed by atoms with E-state index in [-0.39, 0.29) is 79.2 Å². The minimum Gasteiger partial charge on any atom is -0.460 e. The molecule has 0 spiro atoms. The summed E-state index contributed by atoms with van der Waals surface area (Å²) in [4.78, 5) is 72.6. The Kier molecular flexibility index (Phi) is 16.8. The smallest absolute Gasteiger partial charge is 0.329 e. The zero-order valence-corrected chi connectivity index (χ0v) is 41.8. The number of hydrogen-bond acceptors (Lipinski definition) is 16. The highest BCUT2D eigenvalue weighted by Gasteiger charge is 2.64. The number of aliphatic hydroxyl groups is 3. The number of amides is 1. The molecular formula is C51H79NO16. The van der Waals surface area contributed by atoms with Crippen LogP contribution in [-0.2, 0) is 61.9 Å². The van der Waals surface area contributed by atoms with Crippen molar-refractivity contribution in [3.63, 3.8) is 0 Å². The van der Waals surface area contributed by atoms with Crippen LogP contribution in [0.3, 0.4) is 0 Å². The number of fused-ring (bicyclic) bond motifs is 7. The minimum atomic E-state index is -2.45. The first-order valence-corrected chi connectivity index (χ1v) is 25.3. The molecule has 0 aromatic heterocycles. The van der Waals surface area contributed by atoms with Crippen LogP contribution in [0.25, 0.3) is 0 Å². The molecule has 7 rings (SSSR count). The average Bonchev–Trinajstić information content (AvgIpc) is 4.25. The number of cyclic esters (lactones) is 1. The van der Waals surface area contributed by atoms with Crippen molar-refractivity contribution in [3.05, 3.63) is 11.6 Å². The molecule has 68 heavy (non-hydrogen) atoms. The van der Waals surface area contributed by atoms with Crippen molar-refractivity contribution in [1.29, 1.82) is 0 Å². The van der Waals surface area contributed by atoms with E-state index in [4.69, 9.17) is 37.9 Å². The van der Waals surface area contributed by atoms with E-state index < -0.39 is 95.6 Å². The molecule has 6 unspecified atom stereocenters. The lowest BCUT2D eigenvalue weighted by Gasteiger charge is -2.42. The number of Topliss-reactive ketones (excluding diaryl/α,β-unsaturated/α-hetero) is 3. The molecule has 1 amide bonds. The molecule has 6 heterocycles. The van der Waals surface area contributed by atoms with Crippen molar-refractivity contribution in [2.24, 2.45) is 35.5 Å². The van der Waals surface area contributed by atoms with E-state index in [1.807, 2.05) is 33.8 Å². The maximum absolute atomic E-state index is 14.5. The Hall–Kier alpha value is -2.71. The van der Waals surface area contributed by atoms with Crippen molar-refractivity contribution in [2.45, 2.75) is 216 Å². The second kappa shape index (κ2) is 21.6. The van der Waals surface area contributed by atoms with Gasteiger partial charge in [0.15, 0.2) is 5.78 Å². The van der Waals surface area contributed by atoms with Crippen LogP contribution in [0.2, 0.25) is 0 Å². The van der Waals surface area contributed by atoms with E-state index >= 15 is 0 Å². The number of esters is 1. The number of nitrogens with zero attached hydrogens (tertiary/aromatic N) is 1. The molecule has 17 nitrogen and oxygen atoms in total. The summed E-state index contributed by atoms with van der Waals surface area (Å²) in [5.74, 6) is -8.25. The maximum atomic E-state index is 14.5. The van der Waals surface area contributed by atoms with Gasteiger partial charge in [0.05, 0.1) is 36.6 Å². The fraction of sp³-hybridized carbons (Fsp3) is 0.863. The van der Waals surface area contributed by atoms with E-state index in [2.05, 4.69) is 0 Å². The summed E-state index contributed by atoms with van der Waals surface area (Å²) in [6, 6.07) is -1.16. The first-order chi connectivity index (χ1) is 32.2. The first-order valence-electron chi connectivity index (χ1n) is 25.3. The van der Waals surface area contributed by atoms with E-state index in [0.717, 1.165) is 5.57 Å². The van der Waals surface area contributed by atoms with Crippen LogP contribution in [0.15, 0.2) is 11.6 Å². The monoisotopic (exact) mass is 962 g/mol. The Bertz CT molecular complexity index is 1880. The molecule has 0 radical (unpaired) electrons. The van der Waals surface area contributed by atoms with Crippen LogP contribution >= 0.6 is 0 Å². The van der Waals surface area contributed by atoms with Gasteiger partial charge in [0.1, 0.15) is 54.0 Å². The van der Waals surface area contributed by atoms with Gasteiger partial charge in [-0.3, -0.25) is 19.2 Å². The quantitative estimate of drug-likeness (QED) is 0.149. The number of carbonyl (C=O) groups excluding carboxylic acids is 5. The fourth-order valence-corrected chi connectivity index (χ4v) is 12.0. The number of methoxy groups -OCH3 is 3. The van der Waals surface area contributed by atoms with E-state index in [1.165, 1.54) is 12.0 Å². The van der Waals surface area contributed by atoms with Gasteiger partial charge in [-0.15, -0.1) is 0 Å². The van der Waals surface area contributed by atoms with Crippen molar-refractivity contribution in [2.75, 3.05) is 27.9 Å². The van der Waals surface area contributed by atoms with Crippen LogP contribution in [0, 0.1) is 35.5 Å². The largest absolute Gasteiger partial charge is 0.460 e. The third kappa shape index (κ3) is 11.2. The summed E-state index contributed by atoms with van der Waals surface area (Å²) in [5, 5.41) is 34.3. The molecule has 6 aliphatic heterocycles. The number of rotatable bonds is 6. The second-order valence-electron chi connectivity index (χ2n) is 21.8. The van der Waals surface area contributed by atoms with E-state index in [9.17, 15) is 39.3 Å². The SMILES string of the molecule is CO[C@H]1C[C@@H]2CC[C@@H](C)[C@@](O)(O2)C(=O)C(=O)N2CCCC[C@@H]2C(=O)O[C@H]([C@H](C)C[C@@H]2CC[C@@H](O)[C@H](OC)C2)CC(=O)[C@H](C)C2OC2(C)[C@@H](O)[C@@H](OC)C(=O)[C@H](C)C[C@H](C)C2OC2C2OC2/C=C/1C. The summed E-state index contributed by atoms with van der Waals surface area (Å²) in [7, 11) is 4.51. The van der Waals surface area contributed by atoms with E-state index in [0.29, 0.717) is 64.2 Å². The van der Waals surface area contributed by atoms with Crippen molar-refractivity contribution >= 4 is 29.2 Å². The molecule has 21 atom stereocenters. The summed E-state index contributed by atoms with van der Waals surface area (Å²) in [5.41, 5.74) is -0.416. The molecule has 0 aromatic carbocycles. The number of epoxide rings is 3.